The average molecular weight is 358 g/mol. The second-order valence-corrected chi connectivity index (χ2v) is 7.52. The molecule has 1 aliphatic carbocycles. The monoisotopic (exact) mass is 358 g/mol. The van der Waals surface area contributed by atoms with Crippen molar-refractivity contribution in [3.63, 3.8) is 0 Å². The Kier molecular flexibility index (Phi) is 4.12. The van der Waals surface area contributed by atoms with Gasteiger partial charge < -0.3 is 9.73 Å². The number of fused-ring (bicyclic) bond motifs is 3. The number of nitrogens with one attached hydrogen (secondary N) is 1. The summed E-state index contributed by atoms with van der Waals surface area (Å²) in [5, 5.41) is 11.5. The zero-order chi connectivity index (χ0) is 17.4. The highest BCUT2D eigenvalue weighted by atomic mass is 32.1. The fourth-order valence-electron chi connectivity index (χ4n) is 3.19. The third kappa shape index (κ3) is 3.09. The van der Waals surface area contributed by atoms with Crippen molar-refractivity contribution in [3.8, 4) is 0 Å². The van der Waals surface area contributed by atoms with E-state index >= 15 is 0 Å². The Morgan fingerprint density at radius 3 is 3.20 bits per heavy atom. The van der Waals surface area contributed by atoms with Gasteiger partial charge in [0.2, 0.25) is 5.91 Å². The predicted octanol–water partition coefficient (Wildman–Crippen LogP) is 1.89. The first-order valence-corrected chi connectivity index (χ1v) is 9.10. The lowest BCUT2D eigenvalue weighted by Gasteiger charge is -2.17. The molecule has 3 aromatic rings. The molecule has 0 aromatic carbocycles. The Morgan fingerprint density at radius 2 is 2.40 bits per heavy atom. The van der Waals surface area contributed by atoms with Gasteiger partial charge in [0, 0.05) is 4.88 Å². The number of hydrogen-bond acceptors (Lipinski definition) is 6. The molecule has 1 amide bonds. The highest BCUT2D eigenvalue weighted by Crippen LogP contribution is 2.35. The quantitative estimate of drug-likeness (QED) is 0.769. The molecule has 3 heterocycles. The first-order chi connectivity index (χ1) is 12.1. The van der Waals surface area contributed by atoms with E-state index in [0.717, 1.165) is 29.5 Å². The largest absolute Gasteiger partial charge is 0.467 e. The molecule has 130 valence electrons. The molecule has 3 aromatic heterocycles. The molecule has 0 aliphatic heterocycles. The number of amides is 1. The predicted molar refractivity (Wildman–Crippen MR) is 93.4 cm³/mol. The number of thiophene rings is 1. The minimum Gasteiger partial charge on any atom is -0.467 e. The Hall–Kier alpha value is -2.48. The molecule has 0 saturated carbocycles. The minimum absolute atomic E-state index is 0.149. The van der Waals surface area contributed by atoms with E-state index in [1.807, 2.05) is 0 Å². The highest BCUT2D eigenvalue weighted by molar-refractivity contribution is 7.18. The summed E-state index contributed by atoms with van der Waals surface area (Å²) >= 11 is 1.55. The van der Waals surface area contributed by atoms with Crippen molar-refractivity contribution in [2.75, 3.05) is 0 Å². The van der Waals surface area contributed by atoms with Crippen LogP contribution in [0.2, 0.25) is 0 Å². The molecular formula is C17H18N4O3S. The Labute approximate surface area is 147 Å². The molecule has 4 rings (SSSR count). The first kappa shape index (κ1) is 16.0. The maximum absolute atomic E-state index is 12.8. The number of carbonyl (C=O) groups excluding carboxylic acids is 1. The van der Waals surface area contributed by atoms with Crippen molar-refractivity contribution in [1.82, 2.24) is 20.3 Å². The zero-order valence-electron chi connectivity index (χ0n) is 13.8. The van der Waals surface area contributed by atoms with Gasteiger partial charge in [-0.15, -0.1) is 16.4 Å². The maximum atomic E-state index is 12.8. The summed E-state index contributed by atoms with van der Waals surface area (Å²) in [5.74, 6) is 0.983. The van der Waals surface area contributed by atoms with Crippen LogP contribution in [0, 0.1) is 5.92 Å². The zero-order valence-corrected chi connectivity index (χ0v) is 14.6. The molecule has 0 unspecified atom stereocenters. The average Bonchev–Trinajstić information content (AvgIpc) is 3.22. The molecule has 0 radical (unpaired) electrons. The summed E-state index contributed by atoms with van der Waals surface area (Å²) in [6.45, 7) is 2.35. The summed E-state index contributed by atoms with van der Waals surface area (Å²) in [6, 6.07) is 3.53. The van der Waals surface area contributed by atoms with Crippen molar-refractivity contribution >= 4 is 27.5 Å². The van der Waals surface area contributed by atoms with Crippen molar-refractivity contribution in [3.05, 3.63) is 45.0 Å². The second kappa shape index (κ2) is 6.44. The highest BCUT2D eigenvalue weighted by Gasteiger charge is 2.24. The fraction of sp³-hybridized carbons (Fsp3) is 0.412. The standard InChI is InChI=1S/C17H18N4O3S/c1-10-4-5-12-13(7-10)25-16-15(12)17(23)21(20-19-16)9-14(22)18-8-11-3-2-6-24-11/h2-3,6,10H,4-5,7-9H2,1H3,(H,18,22)/t10-/m1/s1. The van der Waals surface area contributed by atoms with Crippen molar-refractivity contribution in [1.29, 1.82) is 0 Å². The molecule has 7 nitrogen and oxygen atoms in total. The van der Waals surface area contributed by atoms with Gasteiger partial charge in [0.1, 0.15) is 12.3 Å². The molecule has 8 heteroatoms. The van der Waals surface area contributed by atoms with Crippen LogP contribution in [0.5, 0.6) is 0 Å². The van der Waals surface area contributed by atoms with E-state index in [-0.39, 0.29) is 24.6 Å². The van der Waals surface area contributed by atoms with Gasteiger partial charge in [-0.3, -0.25) is 9.59 Å². The lowest BCUT2D eigenvalue weighted by atomic mass is 9.89. The Bertz CT molecular complexity index is 974. The number of rotatable bonds is 4. The summed E-state index contributed by atoms with van der Waals surface area (Å²) < 4.78 is 6.31. The van der Waals surface area contributed by atoms with E-state index in [2.05, 4.69) is 22.6 Å². The Morgan fingerprint density at radius 1 is 1.52 bits per heavy atom. The normalized spacial score (nSPS) is 16.8. The SMILES string of the molecule is C[C@@H]1CCc2c(sc3nnn(CC(=O)NCc4ccco4)c(=O)c23)C1. The minimum atomic E-state index is -0.301. The number of carbonyl (C=O) groups is 1. The van der Waals surface area contributed by atoms with Crippen LogP contribution in [0.25, 0.3) is 10.2 Å². The van der Waals surface area contributed by atoms with E-state index in [4.69, 9.17) is 4.42 Å². The van der Waals surface area contributed by atoms with Gasteiger partial charge in [-0.2, -0.15) is 0 Å². The van der Waals surface area contributed by atoms with E-state index in [0.29, 0.717) is 21.9 Å². The fourth-order valence-corrected chi connectivity index (χ4v) is 4.50. The number of aromatic nitrogens is 3. The Balaban J connectivity index is 1.57. The van der Waals surface area contributed by atoms with Crippen LogP contribution in [0.1, 0.15) is 29.5 Å². The van der Waals surface area contributed by atoms with Gasteiger partial charge in [-0.25, -0.2) is 4.68 Å². The van der Waals surface area contributed by atoms with Crippen molar-refractivity contribution < 1.29 is 9.21 Å². The molecule has 0 spiro atoms. The third-order valence-corrected chi connectivity index (χ3v) is 5.66. The van der Waals surface area contributed by atoms with E-state index in [1.54, 1.807) is 29.7 Å². The molecule has 1 aliphatic rings. The lowest BCUT2D eigenvalue weighted by molar-refractivity contribution is -0.122. The molecule has 0 saturated heterocycles. The number of nitrogens with zero attached hydrogens (tertiary/aromatic N) is 3. The van der Waals surface area contributed by atoms with E-state index in [1.165, 1.54) is 4.88 Å². The maximum Gasteiger partial charge on any atom is 0.279 e. The van der Waals surface area contributed by atoms with Crippen LogP contribution < -0.4 is 10.9 Å². The molecule has 0 fully saturated rings. The third-order valence-electron chi connectivity index (χ3n) is 4.52. The van der Waals surface area contributed by atoms with Crippen LogP contribution in [0.4, 0.5) is 0 Å². The summed E-state index contributed by atoms with van der Waals surface area (Å²) in [7, 11) is 0. The van der Waals surface area contributed by atoms with Gasteiger partial charge in [-0.1, -0.05) is 12.1 Å². The second-order valence-electron chi connectivity index (χ2n) is 6.44. The van der Waals surface area contributed by atoms with Crippen LogP contribution in [0.15, 0.2) is 27.6 Å². The molecule has 1 N–H and O–H groups in total. The molecular weight excluding hydrogens is 340 g/mol. The van der Waals surface area contributed by atoms with Crippen LogP contribution >= 0.6 is 11.3 Å². The topological polar surface area (TPSA) is 90.0 Å². The van der Waals surface area contributed by atoms with Crippen molar-refractivity contribution in [2.24, 2.45) is 5.92 Å². The lowest BCUT2D eigenvalue weighted by Crippen LogP contribution is -2.34. The summed E-state index contributed by atoms with van der Waals surface area (Å²) in [6.07, 6.45) is 4.50. The summed E-state index contributed by atoms with van der Waals surface area (Å²) in [5.41, 5.74) is 0.868. The van der Waals surface area contributed by atoms with Crippen LogP contribution in [-0.4, -0.2) is 20.9 Å². The van der Waals surface area contributed by atoms with E-state index in [9.17, 15) is 9.59 Å². The van der Waals surface area contributed by atoms with Gasteiger partial charge in [-0.05, 0) is 42.9 Å². The number of furan rings is 1. The molecule has 25 heavy (non-hydrogen) atoms. The summed E-state index contributed by atoms with van der Waals surface area (Å²) in [4.78, 5) is 26.8. The molecule has 0 bridgehead atoms. The first-order valence-electron chi connectivity index (χ1n) is 8.29. The molecule has 1 atom stereocenters. The number of aryl methyl sites for hydroxylation is 1. The van der Waals surface area contributed by atoms with E-state index < -0.39 is 0 Å². The van der Waals surface area contributed by atoms with Gasteiger partial charge in [0.15, 0.2) is 4.83 Å². The van der Waals surface area contributed by atoms with Crippen molar-refractivity contribution in [2.45, 2.75) is 39.3 Å². The van der Waals surface area contributed by atoms with Crippen LogP contribution in [-0.2, 0) is 30.7 Å². The number of hydrogen-bond donors (Lipinski definition) is 1. The van der Waals surface area contributed by atoms with Gasteiger partial charge in [0.25, 0.3) is 5.56 Å². The van der Waals surface area contributed by atoms with Gasteiger partial charge >= 0.3 is 0 Å². The van der Waals surface area contributed by atoms with Crippen LogP contribution in [0.3, 0.4) is 0 Å². The van der Waals surface area contributed by atoms with Gasteiger partial charge in [0.05, 0.1) is 18.2 Å². The smallest absolute Gasteiger partial charge is 0.279 e.